The molecule has 9 nitrogen and oxygen atoms in total. The van der Waals surface area contributed by atoms with Crippen LogP contribution in [0.15, 0.2) is 35.4 Å². The third kappa shape index (κ3) is 4.86. The van der Waals surface area contributed by atoms with Gasteiger partial charge in [-0.15, -0.1) is 0 Å². The minimum absolute atomic E-state index is 0.0792. The zero-order valence-corrected chi connectivity index (χ0v) is 19.4. The molecule has 2 N–H and O–H groups in total. The quantitative estimate of drug-likeness (QED) is 0.554. The molecule has 1 saturated carbocycles. The van der Waals surface area contributed by atoms with E-state index >= 15 is 0 Å². The molecule has 3 aromatic rings. The van der Waals surface area contributed by atoms with Gasteiger partial charge in [-0.2, -0.15) is 4.98 Å². The second-order valence-electron chi connectivity index (χ2n) is 8.42. The first-order valence-corrected chi connectivity index (χ1v) is 12.1. The van der Waals surface area contributed by atoms with Crippen LogP contribution in [0.3, 0.4) is 0 Å². The fourth-order valence-electron chi connectivity index (χ4n) is 3.90. The van der Waals surface area contributed by atoms with Crippen LogP contribution in [-0.2, 0) is 16.1 Å². The van der Waals surface area contributed by atoms with E-state index in [0.717, 1.165) is 32.2 Å². The fourth-order valence-corrected chi connectivity index (χ4v) is 5.09. The lowest BCUT2D eigenvalue weighted by atomic mass is 9.97. The van der Waals surface area contributed by atoms with Crippen molar-refractivity contribution >= 4 is 55.9 Å². The number of carbonyl (C=O) groups is 2. The summed E-state index contributed by atoms with van der Waals surface area (Å²) in [7, 11) is 0. The van der Waals surface area contributed by atoms with Crippen LogP contribution in [0, 0.1) is 5.92 Å². The highest BCUT2D eigenvalue weighted by atomic mass is 35.5. The first kappa shape index (κ1) is 21.8. The van der Waals surface area contributed by atoms with Crippen molar-refractivity contribution in [1.82, 2.24) is 19.9 Å². The summed E-state index contributed by atoms with van der Waals surface area (Å²) in [6.07, 6.45) is 5.20. The summed E-state index contributed by atoms with van der Waals surface area (Å²) in [5, 5.41) is 6.89. The summed E-state index contributed by atoms with van der Waals surface area (Å²) in [6.45, 7) is 1.17. The zero-order chi connectivity index (χ0) is 22.9. The first-order chi connectivity index (χ1) is 16.0. The van der Waals surface area contributed by atoms with Crippen molar-refractivity contribution in [1.29, 1.82) is 0 Å². The lowest BCUT2D eigenvalue weighted by molar-refractivity contribution is -0.125. The molecule has 1 aromatic carbocycles. The Balaban J connectivity index is 1.31. The number of thiazole rings is 1. The van der Waals surface area contributed by atoms with Gasteiger partial charge in [-0.1, -0.05) is 35.1 Å². The van der Waals surface area contributed by atoms with E-state index in [0.29, 0.717) is 38.8 Å². The molecule has 2 aromatic heterocycles. The van der Waals surface area contributed by atoms with Crippen LogP contribution < -0.4 is 21.1 Å². The van der Waals surface area contributed by atoms with Crippen LogP contribution >= 0.6 is 22.9 Å². The SMILES string of the molecule is O=C(Cn1cnc2nc(N3CCC[C@@H](C(=O)NC4CC4)C3)sc2c1=O)Nc1ccccc1Cl. The van der Waals surface area contributed by atoms with Crippen LogP contribution in [0.1, 0.15) is 25.7 Å². The highest BCUT2D eigenvalue weighted by Crippen LogP contribution is 2.30. The van der Waals surface area contributed by atoms with E-state index in [1.807, 2.05) is 0 Å². The van der Waals surface area contributed by atoms with Gasteiger partial charge in [0, 0.05) is 19.1 Å². The topological polar surface area (TPSA) is 109 Å². The molecule has 2 aliphatic rings. The predicted octanol–water partition coefficient (Wildman–Crippen LogP) is 2.64. The summed E-state index contributed by atoms with van der Waals surface area (Å²) in [5.41, 5.74) is 0.516. The van der Waals surface area contributed by atoms with Crippen LogP contribution in [0.2, 0.25) is 5.02 Å². The van der Waals surface area contributed by atoms with Gasteiger partial charge in [0.05, 0.1) is 16.6 Å². The van der Waals surface area contributed by atoms with E-state index in [4.69, 9.17) is 11.6 Å². The van der Waals surface area contributed by atoms with Gasteiger partial charge >= 0.3 is 0 Å². The molecule has 2 fully saturated rings. The monoisotopic (exact) mass is 486 g/mol. The molecule has 0 bridgehead atoms. The average molecular weight is 487 g/mol. The molecule has 0 spiro atoms. The largest absolute Gasteiger partial charge is 0.353 e. The maximum atomic E-state index is 13.0. The van der Waals surface area contributed by atoms with E-state index in [1.54, 1.807) is 24.3 Å². The summed E-state index contributed by atoms with van der Waals surface area (Å²) in [4.78, 5) is 48.8. The van der Waals surface area contributed by atoms with Gasteiger partial charge in [-0.05, 0) is 37.8 Å². The van der Waals surface area contributed by atoms with Crippen molar-refractivity contribution in [2.45, 2.75) is 38.3 Å². The molecule has 11 heteroatoms. The second-order valence-corrected chi connectivity index (χ2v) is 9.81. The molecule has 2 amide bonds. The number of nitrogens with zero attached hydrogens (tertiary/aromatic N) is 4. The number of halogens is 1. The van der Waals surface area contributed by atoms with Gasteiger partial charge in [0.1, 0.15) is 17.6 Å². The maximum Gasteiger partial charge on any atom is 0.273 e. The number of piperidine rings is 1. The Kier molecular flexibility index (Phi) is 6.03. The van der Waals surface area contributed by atoms with E-state index in [9.17, 15) is 14.4 Å². The standard InChI is InChI=1S/C22H23ClN6O3S/c23-15-5-1-2-6-16(15)26-17(30)11-29-12-24-19-18(21(29)32)33-22(27-19)28-9-3-4-13(10-28)20(31)25-14-7-8-14/h1-2,5-6,12-14H,3-4,7-11H2,(H,25,31)(H,26,30)/t13-/m1/s1. The number of para-hydroxylation sites is 1. The molecule has 1 saturated heterocycles. The lowest BCUT2D eigenvalue weighted by Crippen LogP contribution is -2.43. The van der Waals surface area contributed by atoms with Gasteiger partial charge in [0.25, 0.3) is 5.56 Å². The van der Waals surface area contributed by atoms with Crippen molar-refractivity contribution in [3.05, 3.63) is 46.0 Å². The zero-order valence-electron chi connectivity index (χ0n) is 17.8. The molecular formula is C22H23ClN6O3S. The Morgan fingerprint density at radius 2 is 2.03 bits per heavy atom. The smallest absolute Gasteiger partial charge is 0.273 e. The molecule has 0 unspecified atom stereocenters. The number of amides is 2. The van der Waals surface area contributed by atoms with Crippen LogP contribution in [0.4, 0.5) is 10.8 Å². The van der Waals surface area contributed by atoms with Gasteiger partial charge < -0.3 is 15.5 Å². The minimum atomic E-state index is -0.378. The Labute approximate surface area is 198 Å². The Morgan fingerprint density at radius 3 is 2.82 bits per heavy atom. The van der Waals surface area contributed by atoms with Crippen molar-refractivity contribution in [3.63, 3.8) is 0 Å². The highest BCUT2D eigenvalue weighted by Gasteiger charge is 2.31. The molecule has 1 aliphatic carbocycles. The fraction of sp³-hybridized carbons (Fsp3) is 0.409. The minimum Gasteiger partial charge on any atom is -0.353 e. The Bertz CT molecular complexity index is 1270. The third-order valence-corrected chi connectivity index (χ3v) is 7.24. The van der Waals surface area contributed by atoms with Gasteiger partial charge in [-0.25, -0.2) is 4.98 Å². The molecule has 33 heavy (non-hydrogen) atoms. The summed E-state index contributed by atoms with van der Waals surface area (Å²) >= 11 is 7.34. The number of hydrogen-bond donors (Lipinski definition) is 2. The molecule has 1 aliphatic heterocycles. The highest BCUT2D eigenvalue weighted by molar-refractivity contribution is 7.22. The third-order valence-electron chi connectivity index (χ3n) is 5.82. The molecule has 1 atom stereocenters. The van der Waals surface area contributed by atoms with E-state index in [-0.39, 0.29) is 29.8 Å². The molecule has 172 valence electrons. The number of rotatable bonds is 6. The number of aromatic nitrogens is 3. The number of carbonyl (C=O) groups excluding carboxylic acids is 2. The van der Waals surface area contributed by atoms with Crippen molar-refractivity contribution in [2.75, 3.05) is 23.3 Å². The van der Waals surface area contributed by atoms with Crippen molar-refractivity contribution in [3.8, 4) is 0 Å². The predicted molar refractivity (Wildman–Crippen MR) is 128 cm³/mol. The normalized spacial score (nSPS) is 18.3. The van der Waals surface area contributed by atoms with Gasteiger partial charge in [0.2, 0.25) is 11.8 Å². The number of fused-ring (bicyclic) bond motifs is 1. The summed E-state index contributed by atoms with van der Waals surface area (Å²) < 4.78 is 1.65. The number of hydrogen-bond acceptors (Lipinski definition) is 7. The number of anilines is 2. The number of nitrogens with one attached hydrogen (secondary N) is 2. The Morgan fingerprint density at radius 1 is 1.21 bits per heavy atom. The van der Waals surface area contributed by atoms with Crippen LogP contribution in [-0.4, -0.2) is 45.5 Å². The van der Waals surface area contributed by atoms with Crippen LogP contribution in [0.5, 0.6) is 0 Å². The summed E-state index contributed by atoms with van der Waals surface area (Å²) in [6, 6.07) is 7.24. The molecule has 0 radical (unpaired) electrons. The lowest BCUT2D eigenvalue weighted by Gasteiger charge is -2.31. The van der Waals surface area contributed by atoms with E-state index < -0.39 is 0 Å². The van der Waals surface area contributed by atoms with Crippen molar-refractivity contribution in [2.24, 2.45) is 5.92 Å². The van der Waals surface area contributed by atoms with Gasteiger partial charge in [-0.3, -0.25) is 19.0 Å². The second kappa shape index (κ2) is 9.11. The number of benzene rings is 1. The molecule has 3 heterocycles. The van der Waals surface area contributed by atoms with Gasteiger partial charge in [0.15, 0.2) is 10.8 Å². The summed E-state index contributed by atoms with van der Waals surface area (Å²) in [5.74, 6) is -0.352. The maximum absolute atomic E-state index is 13.0. The van der Waals surface area contributed by atoms with E-state index in [2.05, 4.69) is 25.5 Å². The average Bonchev–Trinajstić information content (AvgIpc) is 3.51. The van der Waals surface area contributed by atoms with Crippen LogP contribution in [0.25, 0.3) is 10.3 Å². The first-order valence-electron chi connectivity index (χ1n) is 10.9. The molecule has 5 rings (SSSR count). The molecular weight excluding hydrogens is 464 g/mol. The van der Waals surface area contributed by atoms with E-state index in [1.165, 1.54) is 22.2 Å². The Hall–Kier alpha value is -2.98. The van der Waals surface area contributed by atoms with Crippen molar-refractivity contribution < 1.29 is 9.59 Å².